The van der Waals surface area contributed by atoms with Gasteiger partial charge in [-0.2, -0.15) is 5.48 Å². The van der Waals surface area contributed by atoms with Crippen LogP contribution in [0.4, 0.5) is 0 Å². The second kappa shape index (κ2) is 7.77. The molecule has 2 unspecified atom stereocenters. The molecule has 0 aliphatic heterocycles. The fourth-order valence-electron chi connectivity index (χ4n) is 2.20. The fourth-order valence-corrected chi connectivity index (χ4v) is 2.20. The van der Waals surface area contributed by atoms with Gasteiger partial charge in [0.15, 0.2) is 0 Å². The van der Waals surface area contributed by atoms with Gasteiger partial charge in [-0.15, -0.1) is 0 Å². The van der Waals surface area contributed by atoms with Gasteiger partial charge in [-0.25, -0.2) is 4.98 Å². The predicted octanol–water partition coefficient (Wildman–Crippen LogP) is 1.13. The summed E-state index contributed by atoms with van der Waals surface area (Å²) in [4.78, 5) is 22.5. The topological polar surface area (TPSA) is 90.4 Å². The highest BCUT2D eigenvalue weighted by Crippen LogP contribution is 2.15. The number of aromatic nitrogens is 2. The van der Waals surface area contributed by atoms with Gasteiger partial charge in [0.2, 0.25) is 0 Å². The molecule has 0 fully saturated rings. The minimum Gasteiger partial charge on any atom is -0.335 e. The van der Waals surface area contributed by atoms with Gasteiger partial charge in [-0.3, -0.25) is 9.78 Å². The van der Waals surface area contributed by atoms with Crippen LogP contribution in [0.5, 0.6) is 0 Å². The summed E-state index contributed by atoms with van der Waals surface area (Å²) in [6, 6.07) is 9.36. The monoisotopic (exact) mass is 315 g/mol. The molecule has 0 bridgehead atoms. The number of nitrogens with one attached hydrogen (secondary N) is 2. The smallest absolute Gasteiger partial charge is 0.274 e. The lowest BCUT2D eigenvalue weighted by atomic mass is 10.1. The van der Waals surface area contributed by atoms with Gasteiger partial charge in [0.1, 0.15) is 11.9 Å². The Balaban J connectivity index is 2.14. The molecule has 2 rings (SSSR count). The molecule has 1 aromatic heterocycles. The third-order valence-corrected chi connectivity index (χ3v) is 3.80. The van der Waals surface area contributed by atoms with Gasteiger partial charge in [0.25, 0.3) is 5.91 Å². The van der Waals surface area contributed by atoms with Crippen molar-refractivity contribution in [3.05, 3.63) is 48.4 Å². The lowest BCUT2D eigenvalue weighted by Gasteiger charge is -2.30. The number of nitrogens with zero attached hydrogens (tertiary/aromatic N) is 3. The predicted molar refractivity (Wildman–Crippen MR) is 86.8 cm³/mol. The molecule has 0 saturated heterocycles. The van der Waals surface area contributed by atoms with E-state index in [1.165, 1.54) is 11.1 Å². The summed E-state index contributed by atoms with van der Waals surface area (Å²) in [6.07, 6.45) is 2.61. The number of carbonyl (C=O) groups is 1. The highest BCUT2D eigenvalue weighted by atomic mass is 16.5. The average Bonchev–Trinajstić information content (AvgIpc) is 2.62. The van der Waals surface area contributed by atoms with Crippen LogP contribution in [0.3, 0.4) is 0 Å². The van der Waals surface area contributed by atoms with Crippen molar-refractivity contribution in [1.29, 1.82) is 0 Å². The first-order valence-electron chi connectivity index (χ1n) is 7.30. The number of benzene rings is 1. The Hall–Kier alpha value is -2.35. The standard InChI is InChI=1S/C16H21N5O2/c1-11(15(17-2)20-23)21(3)16(22)14-10-18-13(9-19-14)12-7-5-4-6-8-12/h4-11,15,17,20,23H,1-3H3. The zero-order valence-electron chi connectivity index (χ0n) is 13.4. The van der Waals surface area contributed by atoms with Crippen LogP contribution in [0.25, 0.3) is 11.3 Å². The van der Waals surface area contributed by atoms with Crippen molar-refractivity contribution >= 4 is 5.91 Å². The number of carbonyl (C=O) groups excluding carboxylic acids is 1. The fraction of sp³-hybridized carbons (Fsp3) is 0.312. The number of hydrogen-bond donors (Lipinski definition) is 3. The van der Waals surface area contributed by atoms with E-state index >= 15 is 0 Å². The molecule has 1 heterocycles. The molecule has 0 radical (unpaired) electrons. The first kappa shape index (κ1) is 17.0. The van der Waals surface area contributed by atoms with Crippen molar-refractivity contribution in [3.63, 3.8) is 0 Å². The molecule has 3 N–H and O–H groups in total. The SMILES string of the molecule is CNC(NO)C(C)N(C)C(=O)c1cnc(-c2ccccc2)cn1. The van der Waals surface area contributed by atoms with E-state index in [0.29, 0.717) is 5.69 Å². The Kier molecular flexibility index (Phi) is 5.75. The summed E-state index contributed by atoms with van der Waals surface area (Å²) in [5.74, 6) is -0.264. The molecule has 23 heavy (non-hydrogen) atoms. The second-order valence-corrected chi connectivity index (χ2v) is 5.21. The molecule has 7 nitrogen and oxygen atoms in total. The lowest BCUT2D eigenvalue weighted by molar-refractivity contribution is 0.0489. The van der Waals surface area contributed by atoms with Crippen molar-refractivity contribution in [2.45, 2.75) is 19.1 Å². The summed E-state index contributed by atoms with van der Waals surface area (Å²) < 4.78 is 0. The number of rotatable bonds is 6. The van der Waals surface area contributed by atoms with Gasteiger partial charge in [-0.05, 0) is 14.0 Å². The number of likely N-dealkylation sites (N-methyl/N-ethyl adjacent to an activating group) is 2. The lowest BCUT2D eigenvalue weighted by Crippen LogP contribution is -2.54. The summed E-state index contributed by atoms with van der Waals surface area (Å²) >= 11 is 0. The van der Waals surface area contributed by atoms with Crippen LogP contribution in [0, 0.1) is 0 Å². The number of hydroxylamine groups is 1. The van der Waals surface area contributed by atoms with Crippen molar-refractivity contribution in [2.75, 3.05) is 14.1 Å². The Labute approximate surface area is 135 Å². The summed E-state index contributed by atoms with van der Waals surface area (Å²) in [6.45, 7) is 1.81. The van der Waals surface area contributed by atoms with Crippen LogP contribution in [-0.4, -0.2) is 52.3 Å². The van der Waals surface area contributed by atoms with Gasteiger partial charge >= 0.3 is 0 Å². The van der Waals surface area contributed by atoms with Crippen LogP contribution in [0.2, 0.25) is 0 Å². The molecule has 0 aliphatic rings. The van der Waals surface area contributed by atoms with Crippen molar-refractivity contribution in [1.82, 2.24) is 25.7 Å². The van der Waals surface area contributed by atoms with E-state index in [2.05, 4.69) is 20.8 Å². The van der Waals surface area contributed by atoms with E-state index in [9.17, 15) is 4.79 Å². The molecule has 2 aromatic rings. The van der Waals surface area contributed by atoms with E-state index in [1.807, 2.05) is 37.3 Å². The van der Waals surface area contributed by atoms with Crippen molar-refractivity contribution in [2.24, 2.45) is 0 Å². The van der Waals surface area contributed by atoms with E-state index < -0.39 is 6.17 Å². The largest absolute Gasteiger partial charge is 0.335 e. The molecule has 1 amide bonds. The van der Waals surface area contributed by atoms with E-state index in [4.69, 9.17) is 5.21 Å². The maximum atomic E-state index is 12.5. The van der Waals surface area contributed by atoms with Gasteiger partial charge in [0, 0.05) is 12.6 Å². The molecule has 1 aromatic carbocycles. The van der Waals surface area contributed by atoms with Gasteiger partial charge < -0.3 is 15.4 Å². The number of amides is 1. The molecule has 7 heteroatoms. The van der Waals surface area contributed by atoms with Crippen LogP contribution in [-0.2, 0) is 0 Å². The maximum absolute atomic E-state index is 12.5. The molecule has 0 spiro atoms. The maximum Gasteiger partial charge on any atom is 0.274 e. The van der Waals surface area contributed by atoms with Crippen molar-refractivity contribution in [3.8, 4) is 11.3 Å². The van der Waals surface area contributed by atoms with Gasteiger partial charge in [-0.1, -0.05) is 30.3 Å². The average molecular weight is 315 g/mol. The third kappa shape index (κ3) is 3.89. The molecule has 0 aliphatic carbocycles. The normalized spacial score (nSPS) is 13.4. The summed E-state index contributed by atoms with van der Waals surface area (Å²) in [5, 5.41) is 12.0. The van der Waals surface area contributed by atoms with Crippen molar-refractivity contribution < 1.29 is 10.0 Å². The van der Waals surface area contributed by atoms with E-state index in [1.54, 1.807) is 20.3 Å². The first-order chi connectivity index (χ1) is 11.1. The Morgan fingerprint density at radius 2 is 1.91 bits per heavy atom. The summed E-state index contributed by atoms with van der Waals surface area (Å²) in [5.41, 5.74) is 4.04. The highest BCUT2D eigenvalue weighted by molar-refractivity contribution is 5.92. The Morgan fingerprint density at radius 1 is 1.22 bits per heavy atom. The molecular weight excluding hydrogens is 294 g/mol. The van der Waals surface area contributed by atoms with Crippen LogP contribution < -0.4 is 10.8 Å². The third-order valence-electron chi connectivity index (χ3n) is 3.80. The molecule has 2 atom stereocenters. The number of hydrogen-bond acceptors (Lipinski definition) is 6. The van der Waals surface area contributed by atoms with Crippen LogP contribution >= 0.6 is 0 Å². The molecule has 122 valence electrons. The Morgan fingerprint density at radius 3 is 2.43 bits per heavy atom. The zero-order valence-corrected chi connectivity index (χ0v) is 13.4. The molecular formula is C16H21N5O2. The minimum atomic E-state index is -0.444. The highest BCUT2D eigenvalue weighted by Gasteiger charge is 2.24. The minimum absolute atomic E-state index is 0.256. The van der Waals surface area contributed by atoms with Gasteiger partial charge in [0.05, 0.1) is 24.1 Å². The Bertz CT molecular complexity index is 629. The summed E-state index contributed by atoms with van der Waals surface area (Å²) in [7, 11) is 3.35. The quantitative estimate of drug-likeness (QED) is 0.547. The zero-order chi connectivity index (χ0) is 16.8. The van der Waals surface area contributed by atoms with E-state index in [0.717, 1.165) is 5.56 Å². The van der Waals surface area contributed by atoms with E-state index in [-0.39, 0.29) is 17.6 Å². The van der Waals surface area contributed by atoms with Crippen LogP contribution in [0.15, 0.2) is 42.7 Å². The van der Waals surface area contributed by atoms with Crippen LogP contribution in [0.1, 0.15) is 17.4 Å². The molecule has 0 saturated carbocycles. The first-order valence-corrected chi connectivity index (χ1v) is 7.30. The second-order valence-electron chi connectivity index (χ2n) is 5.21.